The molecule has 0 N–H and O–H groups in total. The number of rotatable bonds is 2. The molecular weight excluding hydrogens is 374 g/mol. The van der Waals surface area contributed by atoms with E-state index in [1.807, 2.05) is 74.5 Å². The number of allylic oxidation sites excluding steroid dienone is 6. The highest BCUT2D eigenvalue weighted by molar-refractivity contribution is 7.19. The molecule has 0 spiro atoms. The Bertz CT molecular complexity index is 1120. The van der Waals surface area contributed by atoms with Crippen molar-refractivity contribution < 1.29 is 0 Å². The molecule has 0 unspecified atom stereocenters. The zero-order valence-corrected chi connectivity index (χ0v) is 16.5. The fourth-order valence-electron chi connectivity index (χ4n) is 3.28. The molecule has 132 valence electrons. The summed E-state index contributed by atoms with van der Waals surface area (Å²) >= 11 is 7.70. The maximum absolute atomic E-state index is 9.82. The van der Waals surface area contributed by atoms with Crippen LogP contribution in [0.1, 0.15) is 18.9 Å². The molecule has 27 heavy (non-hydrogen) atoms. The average molecular weight is 390 g/mol. The number of nitriles is 1. The number of halogens is 1. The summed E-state index contributed by atoms with van der Waals surface area (Å²) in [5.41, 5.74) is 5.46. The molecule has 1 aliphatic heterocycles. The highest BCUT2D eigenvalue weighted by Gasteiger charge is 2.19. The summed E-state index contributed by atoms with van der Waals surface area (Å²) < 4.78 is 1.08. The lowest BCUT2D eigenvalue weighted by Crippen LogP contribution is -2.21. The molecule has 0 fully saturated rings. The fraction of sp³-hybridized carbons (Fsp3) is 0.0909. The number of aromatic nitrogens is 1. The summed E-state index contributed by atoms with van der Waals surface area (Å²) in [6, 6.07) is 18.1. The van der Waals surface area contributed by atoms with Crippen molar-refractivity contribution in [3.8, 4) is 6.07 Å². The summed E-state index contributed by atoms with van der Waals surface area (Å²) in [5, 5.41) is 11.3. The van der Waals surface area contributed by atoms with E-state index < -0.39 is 0 Å². The highest BCUT2D eigenvalue weighted by atomic mass is 35.5. The van der Waals surface area contributed by atoms with Crippen molar-refractivity contribution in [2.75, 3.05) is 4.90 Å². The Balaban J connectivity index is 1.81. The van der Waals surface area contributed by atoms with Gasteiger partial charge in [0.2, 0.25) is 0 Å². The maximum atomic E-state index is 9.82. The number of thiazole rings is 1. The predicted octanol–water partition coefficient (Wildman–Crippen LogP) is 6.55. The molecule has 0 bridgehead atoms. The predicted molar refractivity (Wildman–Crippen MR) is 114 cm³/mol. The Morgan fingerprint density at radius 1 is 1.07 bits per heavy atom. The first-order valence-corrected chi connectivity index (χ1v) is 9.69. The SMILES string of the molecule is CC1=CC(=C(C#N)c2nc3ccccc3s2)C=C(C)N1c1cccc(Cl)c1. The van der Waals surface area contributed by atoms with Gasteiger partial charge in [0.1, 0.15) is 11.1 Å². The molecule has 1 aromatic heterocycles. The third kappa shape index (κ3) is 3.28. The van der Waals surface area contributed by atoms with Gasteiger partial charge in [-0.3, -0.25) is 0 Å². The molecule has 0 saturated carbocycles. The van der Waals surface area contributed by atoms with Gasteiger partial charge in [-0.05, 0) is 61.9 Å². The van der Waals surface area contributed by atoms with Gasteiger partial charge in [-0.25, -0.2) is 4.98 Å². The molecule has 0 amide bonds. The molecular formula is C22H16ClN3S. The van der Waals surface area contributed by atoms with Crippen LogP contribution in [-0.4, -0.2) is 4.98 Å². The molecule has 0 saturated heterocycles. The third-order valence-electron chi connectivity index (χ3n) is 4.41. The number of anilines is 1. The molecule has 3 aromatic rings. The van der Waals surface area contributed by atoms with Gasteiger partial charge in [0.25, 0.3) is 0 Å². The monoisotopic (exact) mass is 389 g/mol. The van der Waals surface area contributed by atoms with Crippen LogP contribution in [0.15, 0.2) is 77.7 Å². The van der Waals surface area contributed by atoms with Gasteiger partial charge in [0, 0.05) is 22.1 Å². The first-order chi connectivity index (χ1) is 13.1. The van der Waals surface area contributed by atoms with E-state index in [2.05, 4.69) is 16.0 Å². The van der Waals surface area contributed by atoms with Gasteiger partial charge in [-0.15, -0.1) is 11.3 Å². The zero-order valence-electron chi connectivity index (χ0n) is 14.9. The standard InChI is InChI=1S/C22H16ClN3S/c1-14-10-16(11-15(2)26(14)18-7-5-6-17(23)12-18)19(13-24)22-25-20-8-3-4-9-21(20)27-22/h3-12H,1-2H3. The lowest BCUT2D eigenvalue weighted by Gasteiger charge is -2.30. The largest absolute Gasteiger partial charge is 0.318 e. The topological polar surface area (TPSA) is 39.9 Å². The molecule has 1 aliphatic rings. The number of fused-ring (bicyclic) bond motifs is 1. The Morgan fingerprint density at radius 3 is 2.48 bits per heavy atom. The molecule has 0 radical (unpaired) electrons. The van der Waals surface area contributed by atoms with Gasteiger partial charge >= 0.3 is 0 Å². The number of para-hydroxylation sites is 1. The molecule has 0 atom stereocenters. The summed E-state index contributed by atoms with van der Waals surface area (Å²) in [5.74, 6) is 0. The van der Waals surface area contributed by atoms with E-state index in [4.69, 9.17) is 11.6 Å². The molecule has 2 heterocycles. The van der Waals surface area contributed by atoms with Gasteiger partial charge in [-0.2, -0.15) is 5.26 Å². The summed E-state index contributed by atoms with van der Waals surface area (Å²) in [4.78, 5) is 6.77. The van der Waals surface area contributed by atoms with Crippen LogP contribution in [0.25, 0.3) is 15.8 Å². The van der Waals surface area contributed by atoms with Gasteiger partial charge in [0.05, 0.1) is 15.8 Å². The second-order valence-electron chi connectivity index (χ2n) is 6.32. The summed E-state index contributed by atoms with van der Waals surface area (Å²) in [6.45, 7) is 4.06. The van der Waals surface area contributed by atoms with Crippen LogP contribution < -0.4 is 4.90 Å². The molecule has 5 heteroatoms. The molecule has 2 aromatic carbocycles. The van der Waals surface area contributed by atoms with Crippen LogP contribution in [0.4, 0.5) is 5.69 Å². The lowest BCUT2D eigenvalue weighted by molar-refractivity contribution is 1.04. The quantitative estimate of drug-likeness (QED) is 0.466. The minimum Gasteiger partial charge on any atom is -0.318 e. The van der Waals surface area contributed by atoms with Crippen molar-refractivity contribution in [2.24, 2.45) is 0 Å². The minimum absolute atomic E-state index is 0.598. The van der Waals surface area contributed by atoms with Crippen molar-refractivity contribution in [3.05, 3.63) is 87.7 Å². The van der Waals surface area contributed by atoms with E-state index in [-0.39, 0.29) is 0 Å². The first-order valence-electron chi connectivity index (χ1n) is 8.49. The number of benzene rings is 2. The van der Waals surface area contributed by atoms with Crippen LogP contribution in [0.2, 0.25) is 5.02 Å². The Hall–Kier alpha value is -2.87. The third-order valence-corrected chi connectivity index (χ3v) is 5.70. The number of hydrogen-bond acceptors (Lipinski definition) is 4. The Morgan fingerprint density at radius 2 is 1.81 bits per heavy atom. The lowest BCUT2D eigenvalue weighted by atomic mass is 10.0. The second kappa shape index (κ2) is 7.03. The second-order valence-corrected chi connectivity index (χ2v) is 7.78. The molecule has 3 nitrogen and oxygen atoms in total. The van der Waals surface area contributed by atoms with E-state index in [1.165, 1.54) is 0 Å². The van der Waals surface area contributed by atoms with E-state index in [1.54, 1.807) is 11.3 Å². The zero-order chi connectivity index (χ0) is 19.0. The van der Waals surface area contributed by atoms with Crippen molar-refractivity contribution in [1.82, 2.24) is 4.98 Å². The van der Waals surface area contributed by atoms with Crippen LogP contribution >= 0.6 is 22.9 Å². The normalized spacial score (nSPS) is 14.0. The van der Waals surface area contributed by atoms with Gasteiger partial charge in [-0.1, -0.05) is 29.8 Å². The van der Waals surface area contributed by atoms with Crippen LogP contribution in [0, 0.1) is 11.3 Å². The highest BCUT2D eigenvalue weighted by Crippen LogP contribution is 2.35. The first kappa shape index (κ1) is 17.5. The van der Waals surface area contributed by atoms with Crippen LogP contribution in [0.5, 0.6) is 0 Å². The molecule has 4 rings (SSSR count). The summed E-state index contributed by atoms with van der Waals surface area (Å²) in [6.07, 6.45) is 4.05. The minimum atomic E-state index is 0.598. The van der Waals surface area contributed by atoms with Gasteiger partial charge in [0.15, 0.2) is 0 Å². The maximum Gasteiger partial charge on any atom is 0.135 e. The van der Waals surface area contributed by atoms with Crippen molar-refractivity contribution >= 4 is 44.4 Å². The summed E-state index contributed by atoms with van der Waals surface area (Å²) in [7, 11) is 0. The Kier molecular flexibility index (Phi) is 4.57. The van der Waals surface area contributed by atoms with E-state index in [9.17, 15) is 5.26 Å². The van der Waals surface area contributed by atoms with Gasteiger partial charge < -0.3 is 4.90 Å². The van der Waals surface area contributed by atoms with E-state index in [0.29, 0.717) is 10.6 Å². The van der Waals surface area contributed by atoms with Crippen molar-refractivity contribution in [2.45, 2.75) is 13.8 Å². The molecule has 0 aliphatic carbocycles. The smallest absolute Gasteiger partial charge is 0.135 e. The van der Waals surface area contributed by atoms with E-state index >= 15 is 0 Å². The van der Waals surface area contributed by atoms with Crippen molar-refractivity contribution in [1.29, 1.82) is 5.26 Å². The average Bonchev–Trinajstić information content (AvgIpc) is 3.05. The van der Waals surface area contributed by atoms with Crippen LogP contribution in [0.3, 0.4) is 0 Å². The van der Waals surface area contributed by atoms with Crippen LogP contribution in [-0.2, 0) is 0 Å². The fourth-order valence-corrected chi connectivity index (χ4v) is 4.45. The van der Waals surface area contributed by atoms with E-state index in [0.717, 1.165) is 37.9 Å². The van der Waals surface area contributed by atoms with Crippen molar-refractivity contribution in [3.63, 3.8) is 0 Å². The number of nitrogens with zero attached hydrogens (tertiary/aromatic N) is 3. The Labute approximate surface area is 167 Å². The number of hydrogen-bond donors (Lipinski definition) is 0.